The number of nitrogens with zero attached hydrogens (tertiary/aromatic N) is 3. The fraction of sp³-hybridized carbons (Fsp3) is 0.240. The molecule has 0 fully saturated rings. The van der Waals surface area contributed by atoms with E-state index in [1.54, 1.807) is 19.2 Å². The number of carbonyl (C=O) groups is 1. The van der Waals surface area contributed by atoms with Crippen LogP contribution in [-0.2, 0) is 11.3 Å². The first-order chi connectivity index (χ1) is 16.4. The van der Waals surface area contributed by atoms with Gasteiger partial charge in [-0.1, -0.05) is 24.3 Å². The molecule has 4 aromatic rings. The average Bonchev–Trinajstić information content (AvgIpc) is 3.26. The summed E-state index contributed by atoms with van der Waals surface area (Å²) in [6.07, 6.45) is 1.39. The number of likely N-dealkylation sites (N-methyl/N-ethyl adjacent to an activating group) is 1. The standard InChI is InChI=1S/C25H25FN4O3S/c1-29(2)21(17-5-4-6-19(11-17)33-3)12-27-22(31)13-30-15-28-24-23(25(30)32)20(14-34-24)16-7-9-18(26)10-8-16/h4-11,14-15,21H,12-13H2,1-3H3,(H,27,31)/t21-/m0/s1. The van der Waals surface area contributed by atoms with E-state index in [1.807, 2.05) is 48.6 Å². The third kappa shape index (κ3) is 5.00. The molecule has 0 saturated carbocycles. The lowest BCUT2D eigenvalue weighted by Crippen LogP contribution is -2.37. The minimum atomic E-state index is -0.347. The van der Waals surface area contributed by atoms with Crippen LogP contribution in [0.1, 0.15) is 11.6 Å². The molecule has 2 heterocycles. The number of amides is 1. The van der Waals surface area contributed by atoms with E-state index in [0.29, 0.717) is 22.3 Å². The van der Waals surface area contributed by atoms with Crippen molar-refractivity contribution in [3.63, 3.8) is 0 Å². The summed E-state index contributed by atoms with van der Waals surface area (Å²) in [6.45, 7) is 0.210. The number of hydrogen-bond donors (Lipinski definition) is 1. The van der Waals surface area contributed by atoms with Crippen molar-refractivity contribution < 1.29 is 13.9 Å². The number of aromatic nitrogens is 2. The first-order valence-electron chi connectivity index (χ1n) is 10.7. The summed E-state index contributed by atoms with van der Waals surface area (Å²) in [5, 5.41) is 5.17. The van der Waals surface area contributed by atoms with Gasteiger partial charge in [0.15, 0.2) is 0 Å². The van der Waals surface area contributed by atoms with Gasteiger partial charge in [-0.25, -0.2) is 9.37 Å². The number of ether oxygens (including phenoxy) is 1. The van der Waals surface area contributed by atoms with Crippen LogP contribution in [0.4, 0.5) is 4.39 Å². The minimum absolute atomic E-state index is 0.0710. The molecule has 34 heavy (non-hydrogen) atoms. The molecular formula is C25H25FN4O3S. The van der Waals surface area contributed by atoms with Gasteiger partial charge in [-0.2, -0.15) is 0 Å². The van der Waals surface area contributed by atoms with E-state index in [9.17, 15) is 14.0 Å². The summed E-state index contributed by atoms with van der Waals surface area (Å²) >= 11 is 1.34. The van der Waals surface area contributed by atoms with Gasteiger partial charge in [0, 0.05) is 17.5 Å². The number of methoxy groups -OCH3 is 1. The third-order valence-corrected chi connectivity index (χ3v) is 6.51. The number of benzene rings is 2. The maximum absolute atomic E-state index is 13.3. The van der Waals surface area contributed by atoms with Gasteiger partial charge in [0.1, 0.15) is 22.9 Å². The highest BCUT2D eigenvalue weighted by Crippen LogP contribution is 2.30. The van der Waals surface area contributed by atoms with E-state index in [4.69, 9.17) is 4.74 Å². The maximum Gasteiger partial charge on any atom is 0.263 e. The molecule has 1 atom stereocenters. The average molecular weight is 481 g/mol. The molecule has 7 nitrogen and oxygen atoms in total. The highest BCUT2D eigenvalue weighted by molar-refractivity contribution is 7.17. The number of nitrogens with one attached hydrogen (secondary N) is 1. The molecule has 0 bridgehead atoms. The summed E-state index contributed by atoms with van der Waals surface area (Å²) in [5.41, 5.74) is 2.10. The quantitative estimate of drug-likeness (QED) is 0.416. The lowest BCUT2D eigenvalue weighted by atomic mass is 10.1. The lowest BCUT2D eigenvalue weighted by molar-refractivity contribution is -0.121. The molecule has 0 radical (unpaired) electrons. The van der Waals surface area contributed by atoms with Crippen LogP contribution in [0.5, 0.6) is 5.75 Å². The van der Waals surface area contributed by atoms with Gasteiger partial charge in [-0.05, 0) is 49.5 Å². The molecule has 0 unspecified atom stereocenters. The third-order valence-electron chi connectivity index (χ3n) is 5.62. The van der Waals surface area contributed by atoms with Crippen LogP contribution in [0.15, 0.2) is 65.0 Å². The van der Waals surface area contributed by atoms with Gasteiger partial charge >= 0.3 is 0 Å². The van der Waals surface area contributed by atoms with Crippen LogP contribution in [0.25, 0.3) is 21.3 Å². The van der Waals surface area contributed by atoms with Crippen LogP contribution in [-0.4, -0.2) is 48.1 Å². The first-order valence-corrected chi connectivity index (χ1v) is 11.5. The van der Waals surface area contributed by atoms with Crippen molar-refractivity contribution in [3.05, 3.63) is 82.0 Å². The Kier molecular flexibility index (Phi) is 7.04. The maximum atomic E-state index is 13.3. The zero-order chi connectivity index (χ0) is 24.2. The monoisotopic (exact) mass is 480 g/mol. The molecule has 4 rings (SSSR count). The number of halogens is 1. The van der Waals surface area contributed by atoms with Crippen LogP contribution < -0.4 is 15.6 Å². The zero-order valence-electron chi connectivity index (χ0n) is 19.1. The van der Waals surface area contributed by atoms with E-state index >= 15 is 0 Å². The zero-order valence-corrected chi connectivity index (χ0v) is 19.9. The van der Waals surface area contributed by atoms with Crippen molar-refractivity contribution in [2.75, 3.05) is 27.7 Å². The van der Waals surface area contributed by atoms with E-state index in [-0.39, 0.29) is 29.9 Å². The molecule has 0 aliphatic rings. The summed E-state index contributed by atoms with van der Waals surface area (Å²) in [7, 11) is 5.49. The molecule has 2 aromatic heterocycles. The Morgan fingerprint density at radius 3 is 2.71 bits per heavy atom. The number of fused-ring (bicyclic) bond motifs is 1. The SMILES string of the molecule is COc1cccc([C@H](CNC(=O)Cn2cnc3scc(-c4ccc(F)cc4)c3c2=O)N(C)C)c1. The first kappa shape index (κ1) is 23.6. The Balaban J connectivity index is 1.52. The summed E-state index contributed by atoms with van der Waals surface area (Å²) in [6, 6.07) is 13.6. The van der Waals surface area contributed by atoms with E-state index in [0.717, 1.165) is 16.9 Å². The van der Waals surface area contributed by atoms with Gasteiger partial charge in [-0.15, -0.1) is 11.3 Å². The van der Waals surface area contributed by atoms with Gasteiger partial charge in [0.25, 0.3) is 5.56 Å². The second-order valence-corrected chi connectivity index (χ2v) is 8.93. The summed E-state index contributed by atoms with van der Waals surface area (Å²) in [5.74, 6) is 0.103. The van der Waals surface area contributed by atoms with Crippen molar-refractivity contribution in [2.24, 2.45) is 0 Å². The number of carbonyl (C=O) groups excluding carboxylic acids is 1. The highest BCUT2D eigenvalue weighted by Gasteiger charge is 2.18. The number of hydrogen-bond acceptors (Lipinski definition) is 6. The van der Waals surface area contributed by atoms with E-state index in [2.05, 4.69) is 10.3 Å². The molecule has 2 aromatic carbocycles. The largest absolute Gasteiger partial charge is 0.497 e. The minimum Gasteiger partial charge on any atom is -0.497 e. The number of rotatable bonds is 8. The van der Waals surface area contributed by atoms with Crippen molar-refractivity contribution in [2.45, 2.75) is 12.6 Å². The fourth-order valence-electron chi connectivity index (χ4n) is 3.79. The normalized spacial score (nSPS) is 12.1. The van der Waals surface area contributed by atoms with Crippen LogP contribution in [0, 0.1) is 5.82 Å². The van der Waals surface area contributed by atoms with Crippen molar-refractivity contribution in [1.82, 2.24) is 19.8 Å². The van der Waals surface area contributed by atoms with E-state index < -0.39 is 0 Å². The van der Waals surface area contributed by atoms with Crippen LogP contribution in [0.2, 0.25) is 0 Å². The molecule has 0 saturated heterocycles. The second kappa shape index (κ2) is 10.1. The lowest BCUT2D eigenvalue weighted by Gasteiger charge is -2.25. The molecule has 0 spiro atoms. The van der Waals surface area contributed by atoms with Gasteiger partial charge in [-0.3, -0.25) is 14.2 Å². The molecule has 1 amide bonds. The second-order valence-electron chi connectivity index (χ2n) is 8.07. The molecule has 0 aliphatic heterocycles. The molecule has 1 N–H and O–H groups in total. The van der Waals surface area contributed by atoms with Gasteiger partial charge in [0.05, 0.1) is 24.9 Å². The van der Waals surface area contributed by atoms with Crippen molar-refractivity contribution >= 4 is 27.5 Å². The van der Waals surface area contributed by atoms with E-state index in [1.165, 1.54) is 34.4 Å². The summed E-state index contributed by atoms with van der Waals surface area (Å²) in [4.78, 5) is 32.8. The Morgan fingerprint density at radius 1 is 1.24 bits per heavy atom. The Labute approximate surface area is 200 Å². The van der Waals surface area contributed by atoms with Crippen molar-refractivity contribution in [1.29, 1.82) is 0 Å². The van der Waals surface area contributed by atoms with Crippen molar-refractivity contribution in [3.8, 4) is 16.9 Å². The molecule has 9 heteroatoms. The van der Waals surface area contributed by atoms with Crippen LogP contribution in [0.3, 0.4) is 0 Å². The molecule has 176 valence electrons. The fourth-order valence-corrected chi connectivity index (χ4v) is 4.70. The Hall–Kier alpha value is -3.56. The number of thiophene rings is 1. The Bertz CT molecular complexity index is 1360. The van der Waals surface area contributed by atoms with Gasteiger partial charge < -0.3 is 15.0 Å². The smallest absolute Gasteiger partial charge is 0.263 e. The summed E-state index contributed by atoms with van der Waals surface area (Å²) < 4.78 is 19.9. The highest BCUT2D eigenvalue weighted by atomic mass is 32.1. The predicted molar refractivity (Wildman–Crippen MR) is 132 cm³/mol. The molecule has 0 aliphatic carbocycles. The Morgan fingerprint density at radius 2 is 2.00 bits per heavy atom. The van der Waals surface area contributed by atoms with Crippen LogP contribution >= 0.6 is 11.3 Å². The topological polar surface area (TPSA) is 76.5 Å². The molecular weight excluding hydrogens is 455 g/mol. The predicted octanol–water partition coefficient (Wildman–Crippen LogP) is 3.69. The van der Waals surface area contributed by atoms with Gasteiger partial charge in [0.2, 0.25) is 5.91 Å².